The highest BCUT2D eigenvalue weighted by atomic mass is 32.2. The van der Waals surface area contributed by atoms with E-state index in [1.807, 2.05) is 69.3 Å². The molecular formula is C30H38N2O5S. The van der Waals surface area contributed by atoms with Crippen LogP contribution in [0.4, 0.5) is 0 Å². The highest BCUT2D eigenvalue weighted by Crippen LogP contribution is 2.22. The van der Waals surface area contributed by atoms with Crippen LogP contribution in [-0.4, -0.2) is 56.1 Å². The van der Waals surface area contributed by atoms with Crippen LogP contribution in [0.2, 0.25) is 0 Å². The molecule has 0 aromatic heterocycles. The van der Waals surface area contributed by atoms with Gasteiger partial charge in [0.2, 0.25) is 10.0 Å². The monoisotopic (exact) mass is 538 g/mol. The summed E-state index contributed by atoms with van der Waals surface area (Å²) in [6.45, 7) is 5.88. The molecule has 0 saturated carbocycles. The van der Waals surface area contributed by atoms with Crippen molar-refractivity contribution in [3.8, 4) is 5.75 Å². The maximum atomic E-state index is 13.6. The number of hydrogen-bond acceptors (Lipinski definition) is 5. The topological polar surface area (TPSA) is 95.9 Å². The highest BCUT2D eigenvalue weighted by molar-refractivity contribution is 7.89. The van der Waals surface area contributed by atoms with Crippen LogP contribution in [0.3, 0.4) is 0 Å². The van der Waals surface area contributed by atoms with E-state index >= 15 is 0 Å². The SMILES string of the molecule is CCc1ccccc1C(=O)NC(Cc1ccccc1)C(O)CN(CC(C)C)S(=O)(=O)c1ccc(OC)cc1. The Balaban J connectivity index is 1.90. The van der Waals surface area contributed by atoms with Gasteiger partial charge in [-0.25, -0.2) is 8.42 Å². The molecule has 0 heterocycles. The predicted molar refractivity (Wildman–Crippen MR) is 150 cm³/mol. The van der Waals surface area contributed by atoms with Crippen LogP contribution in [0, 0.1) is 5.92 Å². The van der Waals surface area contributed by atoms with E-state index < -0.39 is 22.2 Å². The molecule has 8 heteroatoms. The van der Waals surface area contributed by atoms with Gasteiger partial charge in [-0.3, -0.25) is 4.79 Å². The Morgan fingerprint density at radius 2 is 1.58 bits per heavy atom. The fourth-order valence-electron chi connectivity index (χ4n) is 4.36. The Hall–Kier alpha value is -3.20. The second-order valence-corrected chi connectivity index (χ2v) is 11.7. The lowest BCUT2D eigenvalue weighted by atomic mass is 9.99. The van der Waals surface area contributed by atoms with E-state index in [2.05, 4.69) is 5.32 Å². The predicted octanol–water partition coefficient (Wildman–Crippen LogP) is 4.31. The van der Waals surface area contributed by atoms with Crippen molar-refractivity contribution < 1.29 is 23.1 Å². The van der Waals surface area contributed by atoms with Crippen molar-refractivity contribution in [1.82, 2.24) is 9.62 Å². The van der Waals surface area contributed by atoms with Crippen LogP contribution in [-0.2, 0) is 22.9 Å². The fraction of sp³-hybridized carbons (Fsp3) is 0.367. The molecule has 0 aliphatic rings. The minimum atomic E-state index is -3.91. The summed E-state index contributed by atoms with van der Waals surface area (Å²) in [5, 5.41) is 14.4. The van der Waals surface area contributed by atoms with Gasteiger partial charge in [-0.2, -0.15) is 4.31 Å². The number of carbonyl (C=O) groups is 1. The van der Waals surface area contributed by atoms with Crippen molar-refractivity contribution in [2.45, 2.75) is 50.7 Å². The number of methoxy groups -OCH3 is 1. The molecule has 3 aromatic carbocycles. The normalized spacial score (nSPS) is 13.3. The van der Waals surface area contributed by atoms with Crippen LogP contribution in [0.1, 0.15) is 42.3 Å². The molecule has 2 atom stereocenters. The van der Waals surface area contributed by atoms with Gasteiger partial charge >= 0.3 is 0 Å². The van der Waals surface area contributed by atoms with E-state index in [4.69, 9.17) is 4.74 Å². The van der Waals surface area contributed by atoms with Crippen LogP contribution in [0.5, 0.6) is 5.75 Å². The molecule has 3 rings (SSSR count). The number of ether oxygens (including phenoxy) is 1. The number of benzene rings is 3. The van der Waals surface area contributed by atoms with Crippen LogP contribution < -0.4 is 10.1 Å². The lowest BCUT2D eigenvalue weighted by molar-refractivity contribution is 0.0775. The van der Waals surface area contributed by atoms with E-state index in [-0.39, 0.29) is 29.8 Å². The molecular weight excluding hydrogens is 500 g/mol. The van der Waals surface area contributed by atoms with E-state index in [1.165, 1.54) is 23.5 Å². The summed E-state index contributed by atoms with van der Waals surface area (Å²) in [7, 11) is -2.39. The Morgan fingerprint density at radius 3 is 2.18 bits per heavy atom. The molecule has 0 aliphatic carbocycles. The first-order valence-corrected chi connectivity index (χ1v) is 14.3. The van der Waals surface area contributed by atoms with Gasteiger partial charge < -0.3 is 15.2 Å². The number of nitrogens with one attached hydrogen (secondary N) is 1. The van der Waals surface area contributed by atoms with Gasteiger partial charge in [-0.05, 0) is 60.2 Å². The summed E-state index contributed by atoms with van der Waals surface area (Å²) in [5.74, 6) is 0.280. The molecule has 0 fully saturated rings. The third kappa shape index (κ3) is 7.66. The molecule has 0 spiro atoms. The standard InChI is InChI=1S/C30H38N2O5S/c1-5-24-13-9-10-14-27(24)30(34)31-28(19-23-11-7-6-8-12-23)29(33)21-32(20-22(2)3)38(35,36)26-17-15-25(37-4)16-18-26/h6-18,22,28-29,33H,5,19-21H2,1-4H3,(H,31,34). The number of amides is 1. The zero-order valence-electron chi connectivity index (χ0n) is 22.5. The summed E-state index contributed by atoms with van der Waals surface area (Å²) in [6.07, 6.45) is -0.113. The van der Waals surface area contributed by atoms with E-state index in [9.17, 15) is 18.3 Å². The number of aliphatic hydroxyl groups is 1. The van der Waals surface area contributed by atoms with Crippen LogP contribution >= 0.6 is 0 Å². The third-order valence-electron chi connectivity index (χ3n) is 6.38. The second kappa shape index (κ2) is 13.6. The number of carbonyl (C=O) groups excluding carboxylic acids is 1. The van der Waals surface area contributed by atoms with Gasteiger partial charge in [0, 0.05) is 18.7 Å². The van der Waals surface area contributed by atoms with E-state index in [1.54, 1.807) is 18.2 Å². The smallest absolute Gasteiger partial charge is 0.251 e. The van der Waals surface area contributed by atoms with Crippen LogP contribution in [0.25, 0.3) is 0 Å². The third-order valence-corrected chi connectivity index (χ3v) is 8.22. The van der Waals surface area contributed by atoms with Gasteiger partial charge in [-0.15, -0.1) is 0 Å². The van der Waals surface area contributed by atoms with Crippen molar-refractivity contribution in [3.63, 3.8) is 0 Å². The van der Waals surface area contributed by atoms with Gasteiger partial charge in [-0.1, -0.05) is 69.3 Å². The van der Waals surface area contributed by atoms with E-state index in [0.717, 1.165) is 11.1 Å². The maximum absolute atomic E-state index is 13.6. The molecule has 0 aliphatic heterocycles. The number of sulfonamides is 1. The van der Waals surface area contributed by atoms with E-state index in [0.29, 0.717) is 24.2 Å². The molecule has 7 nitrogen and oxygen atoms in total. The molecule has 38 heavy (non-hydrogen) atoms. The zero-order chi connectivity index (χ0) is 27.7. The molecule has 1 amide bonds. The first-order valence-electron chi connectivity index (χ1n) is 12.9. The average Bonchev–Trinajstić information content (AvgIpc) is 2.92. The lowest BCUT2D eigenvalue weighted by Gasteiger charge is -2.31. The van der Waals surface area contributed by atoms with Crippen molar-refractivity contribution >= 4 is 15.9 Å². The molecule has 0 bridgehead atoms. The Kier molecular flexibility index (Phi) is 10.5. The lowest BCUT2D eigenvalue weighted by Crippen LogP contribution is -2.51. The quantitative estimate of drug-likeness (QED) is 0.338. The van der Waals surface area contributed by atoms with Crippen molar-refractivity contribution in [2.75, 3.05) is 20.2 Å². The summed E-state index contributed by atoms with van der Waals surface area (Å²) >= 11 is 0. The minimum Gasteiger partial charge on any atom is -0.497 e. The van der Waals surface area contributed by atoms with Gasteiger partial charge in [0.15, 0.2) is 0 Å². The number of nitrogens with zero attached hydrogens (tertiary/aromatic N) is 1. The average molecular weight is 539 g/mol. The molecule has 0 saturated heterocycles. The van der Waals surface area contributed by atoms with Gasteiger partial charge in [0.05, 0.1) is 24.2 Å². The number of hydrogen-bond donors (Lipinski definition) is 2. The molecule has 2 unspecified atom stereocenters. The second-order valence-electron chi connectivity index (χ2n) is 9.74. The first kappa shape index (κ1) is 29.4. The maximum Gasteiger partial charge on any atom is 0.251 e. The highest BCUT2D eigenvalue weighted by Gasteiger charge is 2.31. The Labute approximate surface area is 226 Å². The number of aliphatic hydroxyl groups excluding tert-OH is 1. The first-order chi connectivity index (χ1) is 18.1. The van der Waals surface area contributed by atoms with Crippen molar-refractivity contribution in [1.29, 1.82) is 0 Å². The molecule has 2 N–H and O–H groups in total. The molecule has 204 valence electrons. The summed E-state index contributed by atoms with van der Waals surface area (Å²) in [4.78, 5) is 13.4. The summed E-state index contributed by atoms with van der Waals surface area (Å²) in [6, 6.07) is 22.4. The van der Waals surface area contributed by atoms with Crippen LogP contribution in [0.15, 0.2) is 83.8 Å². The Morgan fingerprint density at radius 1 is 0.947 bits per heavy atom. The van der Waals surface area contributed by atoms with Gasteiger partial charge in [0.25, 0.3) is 5.91 Å². The largest absolute Gasteiger partial charge is 0.497 e. The summed E-state index contributed by atoms with van der Waals surface area (Å²) < 4.78 is 33.7. The Bertz CT molecular complexity index is 1280. The molecule has 3 aromatic rings. The van der Waals surface area contributed by atoms with Crippen molar-refractivity contribution in [3.05, 3.63) is 95.6 Å². The number of aryl methyl sites for hydroxylation is 1. The summed E-state index contributed by atoms with van der Waals surface area (Å²) in [5.41, 5.74) is 2.38. The minimum absolute atomic E-state index is 0.0221. The fourth-order valence-corrected chi connectivity index (χ4v) is 5.98. The van der Waals surface area contributed by atoms with Crippen molar-refractivity contribution in [2.24, 2.45) is 5.92 Å². The number of rotatable bonds is 13. The van der Waals surface area contributed by atoms with Gasteiger partial charge in [0.1, 0.15) is 5.75 Å². The molecule has 0 radical (unpaired) electrons. The zero-order valence-corrected chi connectivity index (χ0v) is 23.3.